The number of hydrogen-bond donors (Lipinski definition) is 1. The van der Waals surface area contributed by atoms with Crippen LogP contribution in [0.1, 0.15) is 51.9 Å². The molecule has 0 bridgehead atoms. The number of sulfone groups is 1. The van der Waals surface area contributed by atoms with Gasteiger partial charge in [-0.2, -0.15) is 0 Å². The molecule has 0 amide bonds. The third kappa shape index (κ3) is 4.43. The van der Waals surface area contributed by atoms with Crippen LogP contribution in [-0.2, 0) is 9.84 Å². The van der Waals surface area contributed by atoms with Crippen molar-refractivity contribution in [2.45, 2.75) is 63.5 Å². The van der Waals surface area contributed by atoms with Gasteiger partial charge in [-0.15, -0.1) is 0 Å². The number of rotatable bonds is 8. The summed E-state index contributed by atoms with van der Waals surface area (Å²) in [7, 11) is 3.51. The van der Waals surface area contributed by atoms with E-state index in [1.807, 2.05) is 7.05 Å². The van der Waals surface area contributed by atoms with Crippen molar-refractivity contribution in [1.82, 2.24) is 10.2 Å². The summed E-state index contributed by atoms with van der Waals surface area (Å²) in [5, 5.41) is 3.46. The predicted octanol–water partition coefficient (Wildman–Crippen LogP) is 2.05. The van der Waals surface area contributed by atoms with Gasteiger partial charge in [0.05, 0.1) is 5.75 Å². The van der Waals surface area contributed by atoms with Crippen molar-refractivity contribution in [1.29, 1.82) is 0 Å². The van der Waals surface area contributed by atoms with Crippen LogP contribution in [0.5, 0.6) is 0 Å². The molecule has 0 radical (unpaired) electrons. The van der Waals surface area contributed by atoms with Crippen LogP contribution >= 0.6 is 0 Å². The van der Waals surface area contributed by atoms with Crippen LogP contribution in [-0.4, -0.2) is 57.5 Å². The zero-order valence-corrected chi connectivity index (χ0v) is 14.4. The Kier molecular flexibility index (Phi) is 6.95. The number of likely N-dealkylation sites (N-methyl/N-ethyl adjacent to an activating group) is 2. The third-order valence-corrected chi connectivity index (χ3v) is 6.79. The van der Waals surface area contributed by atoms with Gasteiger partial charge in [0.25, 0.3) is 0 Å². The molecular weight excluding hydrogens is 272 g/mol. The Balaban J connectivity index is 2.67. The maximum absolute atomic E-state index is 11.6. The zero-order chi connectivity index (χ0) is 15.2. The van der Waals surface area contributed by atoms with Crippen molar-refractivity contribution >= 4 is 9.84 Å². The van der Waals surface area contributed by atoms with Crippen LogP contribution in [0.2, 0.25) is 0 Å². The standard InChI is InChI=1S/C15H32N2O2S/c1-5-20(18,19)13-9-10-14(16-2)15(17(3)4)11-7-6-8-12-15/h14,16H,5-13H2,1-4H3. The maximum atomic E-state index is 11.6. The van der Waals surface area contributed by atoms with Crippen molar-refractivity contribution in [3.8, 4) is 0 Å². The topological polar surface area (TPSA) is 49.4 Å². The minimum atomic E-state index is -2.84. The van der Waals surface area contributed by atoms with E-state index < -0.39 is 9.84 Å². The van der Waals surface area contributed by atoms with Gasteiger partial charge in [-0.1, -0.05) is 26.2 Å². The fourth-order valence-electron chi connectivity index (χ4n) is 3.60. The molecule has 0 aliphatic heterocycles. The van der Waals surface area contributed by atoms with E-state index in [9.17, 15) is 8.42 Å². The molecule has 1 saturated carbocycles. The van der Waals surface area contributed by atoms with E-state index in [-0.39, 0.29) is 11.3 Å². The fourth-order valence-corrected chi connectivity index (χ4v) is 4.50. The van der Waals surface area contributed by atoms with Gasteiger partial charge >= 0.3 is 0 Å². The highest BCUT2D eigenvalue weighted by Gasteiger charge is 2.40. The van der Waals surface area contributed by atoms with Crippen LogP contribution in [0.3, 0.4) is 0 Å². The lowest BCUT2D eigenvalue weighted by Gasteiger charge is -2.48. The lowest BCUT2D eigenvalue weighted by atomic mass is 9.74. The van der Waals surface area contributed by atoms with Crippen LogP contribution < -0.4 is 5.32 Å². The minimum absolute atomic E-state index is 0.197. The smallest absolute Gasteiger partial charge is 0.150 e. The van der Waals surface area contributed by atoms with Crippen LogP contribution in [0, 0.1) is 0 Å². The first-order chi connectivity index (χ1) is 9.38. The first-order valence-corrected chi connectivity index (χ1v) is 9.75. The molecule has 1 N–H and O–H groups in total. The van der Waals surface area contributed by atoms with Gasteiger partial charge in [-0.3, -0.25) is 0 Å². The second-order valence-electron chi connectivity index (χ2n) is 6.28. The highest BCUT2D eigenvalue weighted by Crippen LogP contribution is 2.36. The maximum Gasteiger partial charge on any atom is 0.150 e. The van der Waals surface area contributed by atoms with Gasteiger partial charge in [0.1, 0.15) is 9.84 Å². The molecule has 1 rings (SSSR count). The highest BCUT2D eigenvalue weighted by molar-refractivity contribution is 7.91. The SMILES string of the molecule is CCS(=O)(=O)CCCC(NC)C1(N(C)C)CCCCC1. The lowest BCUT2D eigenvalue weighted by Crippen LogP contribution is -2.59. The second kappa shape index (κ2) is 7.76. The van der Waals surface area contributed by atoms with Gasteiger partial charge in [-0.05, 0) is 46.8 Å². The first kappa shape index (κ1) is 17.9. The van der Waals surface area contributed by atoms with Crippen molar-refractivity contribution < 1.29 is 8.42 Å². The molecule has 1 aliphatic rings. The molecule has 1 fully saturated rings. The molecule has 0 aromatic carbocycles. The van der Waals surface area contributed by atoms with Gasteiger partial charge in [0, 0.05) is 17.3 Å². The summed E-state index contributed by atoms with van der Waals surface area (Å²) in [5.74, 6) is 0.585. The quantitative estimate of drug-likeness (QED) is 0.746. The summed E-state index contributed by atoms with van der Waals surface area (Å²) in [6.07, 6.45) is 8.02. The van der Waals surface area contributed by atoms with Crippen molar-refractivity contribution in [2.75, 3.05) is 32.6 Å². The molecule has 0 aromatic rings. The third-order valence-electron chi connectivity index (χ3n) is 5.00. The van der Waals surface area contributed by atoms with Crippen LogP contribution in [0.4, 0.5) is 0 Å². The van der Waals surface area contributed by atoms with E-state index in [1.54, 1.807) is 6.92 Å². The Morgan fingerprint density at radius 3 is 2.25 bits per heavy atom. The Morgan fingerprint density at radius 1 is 1.20 bits per heavy atom. The fraction of sp³-hybridized carbons (Fsp3) is 1.00. The Morgan fingerprint density at radius 2 is 1.80 bits per heavy atom. The number of nitrogens with zero attached hydrogens (tertiary/aromatic N) is 1. The molecule has 1 atom stereocenters. The molecule has 5 heteroatoms. The van der Waals surface area contributed by atoms with E-state index in [1.165, 1.54) is 32.1 Å². The molecule has 0 saturated heterocycles. The van der Waals surface area contributed by atoms with Crippen molar-refractivity contribution in [3.05, 3.63) is 0 Å². The van der Waals surface area contributed by atoms with E-state index in [2.05, 4.69) is 24.3 Å². The Bertz CT molecular complexity index is 373. The van der Waals surface area contributed by atoms with Gasteiger partial charge in [0.2, 0.25) is 0 Å². The van der Waals surface area contributed by atoms with Crippen molar-refractivity contribution in [2.24, 2.45) is 0 Å². The molecule has 0 aromatic heterocycles. The molecular formula is C15H32N2O2S. The molecule has 0 spiro atoms. The average molecular weight is 305 g/mol. The van der Waals surface area contributed by atoms with E-state index in [4.69, 9.17) is 0 Å². The lowest BCUT2D eigenvalue weighted by molar-refractivity contribution is 0.0562. The van der Waals surface area contributed by atoms with Crippen LogP contribution in [0.15, 0.2) is 0 Å². The summed E-state index contributed by atoms with van der Waals surface area (Å²) < 4.78 is 23.3. The van der Waals surface area contributed by atoms with Gasteiger partial charge < -0.3 is 10.2 Å². The summed E-state index contributed by atoms with van der Waals surface area (Å²) >= 11 is 0. The normalized spacial score (nSPS) is 21.1. The summed E-state index contributed by atoms with van der Waals surface area (Å²) in [6, 6.07) is 0.379. The Labute approximate surface area is 125 Å². The van der Waals surface area contributed by atoms with E-state index in [0.29, 0.717) is 11.8 Å². The zero-order valence-electron chi connectivity index (χ0n) is 13.6. The average Bonchev–Trinajstić information content (AvgIpc) is 2.44. The first-order valence-electron chi connectivity index (χ1n) is 7.93. The Hall–Kier alpha value is -0.130. The van der Waals surface area contributed by atoms with Crippen molar-refractivity contribution in [3.63, 3.8) is 0 Å². The molecule has 1 aliphatic carbocycles. The number of nitrogens with one attached hydrogen (secondary N) is 1. The molecule has 4 nitrogen and oxygen atoms in total. The van der Waals surface area contributed by atoms with Gasteiger partial charge in [-0.25, -0.2) is 8.42 Å². The number of hydrogen-bond acceptors (Lipinski definition) is 4. The summed E-state index contributed by atoms with van der Waals surface area (Å²) in [4.78, 5) is 2.36. The molecule has 120 valence electrons. The highest BCUT2D eigenvalue weighted by atomic mass is 32.2. The van der Waals surface area contributed by atoms with Gasteiger partial charge in [0.15, 0.2) is 0 Å². The second-order valence-corrected chi connectivity index (χ2v) is 8.75. The molecule has 1 unspecified atom stereocenters. The molecule has 20 heavy (non-hydrogen) atoms. The predicted molar refractivity (Wildman–Crippen MR) is 85.9 cm³/mol. The largest absolute Gasteiger partial charge is 0.315 e. The van der Waals surface area contributed by atoms with E-state index in [0.717, 1.165) is 12.8 Å². The summed E-state index contributed by atoms with van der Waals surface area (Å²) in [5.41, 5.74) is 0.197. The molecule has 0 heterocycles. The monoisotopic (exact) mass is 304 g/mol. The minimum Gasteiger partial charge on any atom is -0.315 e. The van der Waals surface area contributed by atoms with Crippen LogP contribution in [0.25, 0.3) is 0 Å². The summed E-state index contributed by atoms with van der Waals surface area (Å²) in [6.45, 7) is 1.73. The van der Waals surface area contributed by atoms with E-state index >= 15 is 0 Å².